The molecule has 0 unspecified atom stereocenters. The van der Waals surface area contributed by atoms with Crippen molar-refractivity contribution in [2.75, 3.05) is 14.2 Å². The molecular weight excluding hydrogens is 478 g/mol. The van der Waals surface area contributed by atoms with Crippen molar-refractivity contribution in [3.63, 3.8) is 0 Å². The molecule has 0 saturated carbocycles. The Balaban J connectivity index is 2.06. The number of benzene rings is 2. The predicted molar refractivity (Wildman–Crippen MR) is 120 cm³/mol. The number of methoxy groups -OCH3 is 2. The van der Waals surface area contributed by atoms with E-state index in [9.17, 15) is 0 Å². The van der Waals surface area contributed by atoms with Crippen molar-refractivity contribution < 1.29 is 9.47 Å². The van der Waals surface area contributed by atoms with Crippen molar-refractivity contribution in [3.8, 4) is 11.5 Å². The van der Waals surface area contributed by atoms with Crippen molar-refractivity contribution in [3.05, 3.63) is 59.7 Å². The van der Waals surface area contributed by atoms with E-state index in [2.05, 4.69) is 90.1 Å². The molecule has 1 aliphatic rings. The van der Waals surface area contributed by atoms with Crippen LogP contribution in [-0.2, 0) is 6.42 Å². The quantitative estimate of drug-likeness (QED) is 0.525. The minimum atomic E-state index is 0.225. The van der Waals surface area contributed by atoms with Gasteiger partial charge < -0.3 is 0 Å². The van der Waals surface area contributed by atoms with Crippen LogP contribution in [0, 0.1) is 10.8 Å². The first-order valence-corrected chi connectivity index (χ1v) is 13.1. The molecule has 0 amide bonds. The molecule has 3 rings (SSSR count). The van der Waals surface area contributed by atoms with Gasteiger partial charge in [-0.3, -0.25) is 0 Å². The molecule has 1 aliphatic heterocycles. The van der Waals surface area contributed by atoms with Gasteiger partial charge in [-0.1, -0.05) is 0 Å². The van der Waals surface area contributed by atoms with Crippen molar-refractivity contribution in [2.24, 2.45) is 10.8 Å². The molecule has 2 aromatic rings. The van der Waals surface area contributed by atoms with Gasteiger partial charge in [0.25, 0.3) is 0 Å². The molecule has 2 nitrogen and oxygen atoms in total. The summed E-state index contributed by atoms with van der Waals surface area (Å²) in [6.45, 7) is 14.5. The Labute approximate surface area is 183 Å². The monoisotopic (exact) mass is 512 g/mol. The topological polar surface area (TPSA) is 18.5 Å². The maximum absolute atomic E-state index is 5.40. The number of ether oxygens (including phenoxy) is 2. The van der Waals surface area contributed by atoms with Gasteiger partial charge in [0.15, 0.2) is 0 Å². The first-order valence-electron chi connectivity index (χ1n) is 9.68. The van der Waals surface area contributed by atoms with Crippen LogP contribution >= 0.6 is 0 Å². The summed E-state index contributed by atoms with van der Waals surface area (Å²) in [6, 6.07) is 17.7. The van der Waals surface area contributed by atoms with Crippen molar-refractivity contribution in [1.29, 1.82) is 0 Å². The van der Waals surface area contributed by atoms with Crippen molar-refractivity contribution in [2.45, 2.75) is 48.0 Å². The van der Waals surface area contributed by atoms with E-state index >= 15 is 0 Å². The second kappa shape index (κ2) is 7.40. The van der Waals surface area contributed by atoms with Gasteiger partial charge in [0.1, 0.15) is 0 Å². The van der Waals surface area contributed by atoms with Crippen LogP contribution in [0.1, 0.15) is 52.7 Å². The van der Waals surface area contributed by atoms with E-state index in [4.69, 9.17) is 9.47 Å². The molecule has 28 heavy (non-hydrogen) atoms. The minimum absolute atomic E-state index is 0.225. The van der Waals surface area contributed by atoms with Crippen LogP contribution in [0.3, 0.4) is 0 Å². The Morgan fingerprint density at radius 2 is 0.857 bits per heavy atom. The molecule has 1 heterocycles. The molecule has 0 aromatic heterocycles. The normalized spacial score (nSPS) is 25.1. The zero-order chi connectivity index (χ0) is 20.8. The maximum atomic E-state index is 5.40. The summed E-state index contributed by atoms with van der Waals surface area (Å²) in [5, 5.41) is 0. The first-order chi connectivity index (χ1) is 13.0. The second-order valence-corrected chi connectivity index (χ2v) is 18.0. The molecule has 0 aliphatic carbocycles. The van der Waals surface area contributed by atoms with Crippen molar-refractivity contribution in [1.82, 2.24) is 0 Å². The van der Waals surface area contributed by atoms with E-state index in [0.29, 0.717) is 29.9 Å². The molecule has 2 aromatic carbocycles. The Kier molecular flexibility index (Phi) is 5.76. The Morgan fingerprint density at radius 1 is 0.571 bits per heavy atom. The van der Waals surface area contributed by atoms with Crippen molar-refractivity contribution >= 4 is 29.9 Å². The SMILES string of the molecule is COc1ccc(C2(C(C)(C)C)[Se]C(c3ccc(OC)cc3)(C(C)(C)C)[Se]2)cc1. The fourth-order valence-electron chi connectivity index (χ4n) is 3.75. The fourth-order valence-corrected chi connectivity index (χ4v) is 14.7. The van der Waals surface area contributed by atoms with Crippen LogP contribution in [0.4, 0.5) is 0 Å². The van der Waals surface area contributed by atoms with Gasteiger partial charge in [0.2, 0.25) is 0 Å². The van der Waals surface area contributed by atoms with E-state index in [1.54, 1.807) is 14.2 Å². The van der Waals surface area contributed by atoms with E-state index < -0.39 is 0 Å². The zero-order valence-corrected chi connectivity index (χ0v) is 21.7. The van der Waals surface area contributed by atoms with Gasteiger partial charge in [-0.2, -0.15) is 0 Å². The second-order valence-electron chi connectivity index (χ2n) is 9.39. The van der Waals surface area contributed by atoms with Crippen LogP contribution in [0.5, 0.6) is 11.5 Å². The van der Waals surface area contributed by atoms with Crippen LogP contribution in [0.25, 0.3) is 0 Å². The summed E-state index contributed by atoms with van der Waals surface area (Å²) in [6.07, 6.45) is 0. The van der Waals surface area contributed by atoms with Gasteiger partial charge >= 0.3 is 184 Å². The third kappa shape index (κ3) is 3.43. The van der Waals surface area contributed by atoms with E-state index in [0.717, 1.165) is 11.5 Å². The molecule has 0 atom stereocenters. The summed E-state index contributed by atoms with van der Waals surface area (Å²) >= 11 is 0.860. The van der Waals surface area contributed by atoms with Gasteiger partial charge in [-0.25, -0.2) is 0 Å². The summed E-state index contributed by atoms with van der Waals surface area (Å²) in [7, 11) is 3.47. The van der Waals surface area contributed by atoms with Crippen LogP contribution in [-0.4, -0.2) is 44.1 Å². The van der Waals surface area contributed by atoms with Gasteiger partial charge in [-0.15, -0.1) is 0 Å². The first kappa shape index (κ1) is 21.8. The summed E-state index contributed by atoms with van der Waals surface area (Å²) in [5.41, 5.74) is 3.41. The molecule has 4 heteroatoms. The Hall–Kier alpha value is -0.921. The summed E-state index contributed by atoms with van der Waals surface area (Å²) < 4.78 is 11.3. The van der Waals surface area contributed by atoms with Gasteiger partial charge in [0.05, 0.1) is 0 Å². The molecule has 0 N–H and O–H groups in total. The molecule has 1 fully saturated rings. The number of hydrogen-bond acceptors (Lipinski definition) is 2. The van der Waals surface area contributed by atoms with Crippen LogP contribution < -0.4 is 9.47 Å². The van der Waals surface area contributed by atoms with Gasteiger partial charge in [-0.05, 0) is 0 Å². The molecule has 0 spiro atoms. The summed E-state index contributed by atoms with van der Waals surface area (Å²) in [5.74, 6) is 1.87. The van der Waals surface area contributed by atoms with E-state index in [1.807, 2.05) is 0 Å². The average Bonchev–Trinajstić information content (AvgIpc) is 2.60. The van der Waals surface area contributed by atoms with E-state index in [-0.39, 0.29) is 17.3 Å². The molecule has 152 valence electrons. The molecule has 1 saturated heterocycles. The third-order valence-corrected chi connectivity index (χ3v) is 18.7. The van der Waals surface area contributed by atoms with Crippen LogP contribution in [0.2, 0.25) is 0 Å². The fraction of sp³-hybridized carbons (Fsp3) is 0.500. The molecular formula is C24H32O2Se2. The van der Waals surface area contributed by atoms with Gasteiger partial charge in [0, 0.05) is 0 Å². The Morgan fingerprint density at radius 3 is 1.07 bits per heavy atom. The average molecular weight is 510 g/mol. The number of rotatable bonds is 4. The molecule has 0 radical (unpaired) electrons. The van der Waals surface area contributed by atoms with E-state index in [1.165, 1.54) is 11.1 Å². The third-order valence-electron chi connectivity index (χ3n) is 5.49. The molecule has 0 bridgehead atoms. The predicted octanol–water partition coefficient (Wildman–Crippen LogP) is 5.22. The van der Waals surface area contributed by atoms with Crippen LogP contribution in [0.15, 0.2) is 48.5 Å². The summed E-state index contributed by atoms with van der Waals surface area (Å²) in [4.78, 5) is 0. The number of hydrogen-bond donors (Lipinski definition) is 0. The Bertz CT molecular complexity index is 736. The standard InChI is InChI=1S/C24H32O2Se2/c1-21(2,3)23(17-9-13-19(25-7)14-10-17)27-24(28-23,22(4,5)6)18-11-15-20(26-8)16-12-18/h9-16H,1-8H3. The zero-order valence-electron chi connectivity index (χ0n) is 18.3.